The molecule has 0 bridgehead atoms. The molecular formula is C13H18LiO4P. The van der Waals surface area contributed by atoms with Gasteiger partial charge in [0.1, 0.15) is 5.75 Å². The van der Waals surface area contributed by atoms with E-state index in [1.54, 1.807) is 12.1 Å². The fraction of sp³-hybridized carbons (Fsp3) is 0.462. The molecule has 100 valence electrons. The van der Waals surface area contributed by atoms with Gasteiger partial charge in [-0.3, -0.25) is 0 Å². The maximum absolute atomic E-state index is 10.7. The Morgan fingerprint density at radius 3 is 1.84 bits per heavy atom. The maximum Gasteiger partial charge on any atom is 1.00 e. The van der Waals surface area contributed by atoms with Crippen LogP contribution >= 0.6 is 8.58 Å². The molecule has 0 saturated heterocycles. The second kappa shape index (κ2) is 10.1. The van der Waals surface area contributed by atoms with E-state index >= 15 is 0 Å². The fourth-order valence-electron chi connectivity index (χ4n) is 1.52. The standard InChI is InChI=1S/C13H18O4P.Li/c1-4-15-10-7-11(16-5-2)13(18-9-14)12(8-10)17-6-3;/h7-9H,4-6H2,1-3H3;/q-1;+1. The van der Waals surface area contributed by atoms with Crippen molar-refractivity contribution in [2.24, 2.45) is 0 Å². The quantitative estimate of drug-likeness (QED) is 0.370. The number of hydrogen-bond donors (Lipinski definition) is 0. The fourth-order valence-corrected chi connectivity index (χ4v) is 2.14. The summed E-state index contributed by atoms with van der Waals surface area (Å²) in [4.78, 5) is 10.7. The molecule has 0 spiro atoms. The molecule has 0 heterocycles. The van der Waals surface area contributed by atoms with Crippen LogP contribution in [0, 0.1) is 0 Å². The number of rotatable bonds is 8. The van der Waals surface area contributed by atoms with Crippen molar-refractivity contribution >= 4 is 19.9 Å². The van der Waals surface area contributed by atoms with Gasteiger partial charge in [-0.2, -0.15) is 0 Å². The third kappa shape index (κ3) is 5.44. The van der Waals surface area contributed by atoms with Crippen LogP contribution in [0.15, 0.2) is 12.1 Å². The Kier molecular flexibility index (Phi) is 9.78. The molecule has 4 nitrogen and oxygen atoms in total. The van der Waals surface area contributed by atoms with Crippen molar-refractivity contribution in [3.05, 3.63) is 12.1 Å². The van der Waals surface area contributed by atoms with E-state index in [4.69, 9.17) is 14.2 Å². The summed E-state index contributed by atoms with van der Waals surface area (Å²) < 4.78 is 16.5. The van der Waals surface area contributed by atoms with E-state index in [0.717, 1.165) is 11.3 Å². The molecule has 1 aromatic carbocycles. The molecule has 19 heavy (non-hydrogen) atoms. The summed E-state index contributed by atoms with van der Waals surface area (Å²) in [5.74, 6) is 1.97. The van der Waals surface area contributed by atoms with Crippen LogP contribution in [0.5, 0.6) is 17.2 Å². The molecule has 0 fully saturated rings. The molecule has 0 aliphatic carbocycles. The summed E-state index contributed by atoms with van der Waals surface area (Å²) in [6, 6.07) is 4.41. The monoisotopic (exact) mass is 276 g/mol. The van der Waals surface area contributed by atoms with E-state index in [0.29, 0.717) is 45.6 Å². The van der Waals surface area contributed by atoms with Crippen molar-refractivity contribution in [2.75, 3.05) is 19.8 Å². The summed E-state index contributed by atoms with van der Waals surface area (Å²) in [6.45, 7) is 7.34. The predicted molar refractivity (Wildman–Crippen MR) is 73.3 cm³/mol. The first-order chi connectivity index (χ1) is 8.76. The van der Waals surface area contributed by atoms with E-state index in [9.17, 15) is 4.79 Å². The molecule has 1 rings (SSSR count). The number of carbonyl (C=O) groups excluding carboxylic acids is 1. The summed E-state index contributed by atoms with van der Waals surface area (Å²) in [6.07, 6.45) is 0. The second-order valence-corrected chi connectivity index (χ2v) is 4.22. The molecule has 0 atom stereocenters. The van der Waals surface area contributed by atoms with Gasteiger partial charge in [-0.25, -0.2) is 0 Å². The summed E-state index contributed by atoms with van der Waals surface area (Å²) in [5, 5.41) is 0.747. The van der Waals surface area contributed by atoms with E-state index < -0.39 is 0 Å². The van der Waals surface area contributed by atoms with Crippen molar-refractivity contribution in [3.63, 3.8) is 0 Å². The normalized spacial score (nSPS) is 10.1. The van der Waals surface area contributed by atoms with Crippen LogP contribution in [0.2, 0.25) is 0 Å². The smallest absolute Gasteiger partial charge is 0.496 e. The number of hydrogen-bond acceptors (Lipinski definition) is 4. The number of ether oxygens (including phenoxy) is 3. The minimum Gasteiger partial charge on any atom is -0.496 e. The zero-order chi connectivity index (χ0) is 13.4. The van der Waals surface area contributed by atoms with Crippen molar-refractivity contribution in [1.82, 2.24) is 0 Å². The average molecular weight is 276 g/mol. The van der Waals surface area contributed by atoms with Gasteiger partial charge in [-0.05, 0) is 26.8 Å². The van der Waals surface area contributed by atoms with Crippen molar-refractivity contribution in [3.8, 4) is 17.2 Å². The Balaban J connectivity index is 0.00000324. The minimum atomic E-state index is 0. The first-order valence-corrected chi connectivity index (χ1v) is 6.94. The van der Waals surface area contributed by atoms with E-state index in [1.165, 1.54) is 0 Å². The van der Waals surface area contributed by atoms with Crippen LogP contribution in [-0.2, 0) is 4.79 Å². The van der Waals surface area contributed by atoms with Gasteiger partial charge in [0.15, 0.2) is 0 Å². The molecule has 1 aromatic rings. The predicted octanol–water partition coefficient (Wildman–Crippen LogP) is -0.352. The molecule has 0 N–H and O–H groups in total. The van der Waals surface area contributed by atoms with E-state index in [-0.39, 0.29) is 18.9 Å². The summed E-state index contributed by atoms with van der Waals surface area (Å²) >= 11 is 0. The topological polar surface area (TPSA) is 44.8 Å². The van der Waals surface area contributed by atoms with Gasteiger partial charge in [-0.1, -0.05) is 0 Å². The maximum atomic E-state index is 10.7. The molecule has 0 amide bonds. The zero-order valence-corrected chi connectivity index (χ0v) is 12.8. The van der Waals surface area contributed by atoms with Gasteiger partial charge in [0, 0.05) is 12.1 Å². The average Bonchev–Trinajstić information content (AvgIpc) is 2.34. The summed E-state index contributed by atoms with van der Waals surface area (Å²) in [5.41, 5.74) is 0. The Morgan fingerprint density at radius 1 is 1.00 bits per heavy atom. The van der Waals surface area contributed by atoms with Crippen LogP contribution in [0.4, 0.5) is 0 Å². The van der Waals surface area contributed by atoms with Crippen molar-refractivity contribution in [1.29, 1.82) is 0 Å². The zero-order valence-electron chi connectivity index (χ0n) is 11.9. The molecule has 0 aromatic heterocycles. The minimum absolute atomic E-state index is 0. The Labute approximate surface area is 128 Å². The van der Waals surface area contributed by atoms with Crippen LogP contribution in [-0.4, -0.2) is 25.8 Å². The SMILES string of the molecule is CCOc1cc(OCC)c([P-]C=O)c(OCC)c1.[Li+]. The van der Waals surface area contributed by atoms with Crippen LogP contribution in [0.3, 0.4) is 0 Å². The molecule has 0 saturated carbocycles. The van der Waals surface area contributed by atoms with Crippen molar-refractivity contribution < 1.29 is 37.9 Å². The first-order valence-electron chi connectivity index (χ1n) is 5.97. The summed E-state index contributed by atoms with van der Waals surface area (Å²) in [7, 11) is 0.533. The molecule has 0 aliphatic heterocycles. The first kappa shape index (κ1) is 18.3. The second-order valence-electron chi connectivity index (χ2n) is 3.30. The van der Waals surface area contributed by atoms with Crippen LogP contribution in [0.25, 0.3) is 0 Å². The van der Waals surface area contributed by atoms with Gasteiger partial charge in [0.2, 0.25) is 0 Å². The van der Waals surface area contributed by atoms with Gasteiger partial charge in [-0.15, -0.1) is 5.30 Å². The molecule has 6 heteroatoms. The van der Waals surface area contributed by atoms with Gasteiger partial charge in [0.25, 0.3) is 0 Å². The third-order valence-electron chi connectivity index (χ3n) is 2.11. The van der Waals surface area contributed by atoms with Crippen molar-refractivity contribution in [2.45, 2.75) is 20.8 Å². The Bertz CT molecular complexity index is 371. The molecule has 0 aliphatic rings. The number of benzene rings is 1. The Hall–Kier alpha value is -0.683. The molecule has 0 unspecified atom stereocenters. The van der Waals surface area contributed by atoms with Crippen LogP contribution < -0.4 is 38.4 Å². The van der Waals surface area contributed by atoms with E-state index in [1.807, 2.05) is 20.8 Å². The van der Waals surface area contributed by atoms with Crippen LogP contribution in [0.1, 0.15) is 20.8 Å². The third-order valence-corrected chi connectivity index (χ3v) is 2.91. The molecular weight excluding hydrogens is 258 g/mol. The van der Waals surface area contributed by atoms with Gasteiger partial charge >= 0.3 is 18.9 Å². The Morgan fingerprint density at radius 2 is 1.47 bits per heavy atom. The van der Waals surface area contributed by atoms with E-state index in [2.05, 4.69) is 0 Å². The largest absolute Gasteiger partial charge is 1.00 e. The number of carbonyl (C=O) groups is 1. The van der Waals surface area contributed by atoms with Gasteiger partial charge < -0.3 is 27.6 Å². The molecule has 0 radical (unpaired) electrons. The van der Waals surface area contributed by atoms with Gasteiger partial charge in [0.05, 0.1) is 31.3 Å².